The van der Waals surface area contributed by atoms with E-state index in [1.807, 2.05) is 0 Å². The Labute approximate surface area is 82.3 Å². The second kappa shape index (κ2) is 6.64. The van der Waals surface area contributed by atoms with E-state index in [9.17, 15) is 9.46 Å². The average Bonchev–Trinajstić information content (AvgIpc) is 1.84. The minimum atomic E-state index is -3.06. The van der Waals surface area contributed by atoms with Crippen molar-refractivity contribution in [2.45, 2.75) is 11.9 Å². The monoisotopic (exact) mass is 178 g/mol. The van der Waals surface area contributed by atoms with Gasteiger partial charge in [0.05, 0.1) is 6.61 Å². The van der Waals surface area contributed by atoms with E-state index < -0.39 is 26.6 Å². The van der Waals surface area contributed by atoms with Gasteiger partial charge in [-0.05, 0) is 0 Å². The van der Waals surface area contributed by atoms with Crippen molar-refractivity contribution < 1.29 is 55.8 Å². The summed E-state index contributed by atoms with van der Waals surface area (Å²) in [6, 6.07) is 0. The minimum Gasteiger partial charge on any atom is -1.00 e. The van der Waals surface area contributed by atoms with Crippen LogP contribution >= 0.6 is 8.03 Å². The van der Waals surface area contributed by atoms with Crippen LogP contribution in [0.5, 0.6) is 0 Å². The Morgan fingerprint density at radius 1 is 1.60 bits per heavy atom. The fourth-order valence-electron chi connectivity index (χ4n) is 0.235. The van der Waals surface area contributed by atoms with Crippen molar-refractivity contribution >= 4 is 8.03 Å². The van der Waals surface area contributed by atoms with Crippen LogP contribution in [-0.4, -0.2) is 33.9 Å². The summed E-state index contributed by atoms with van der Waals surface area (Å²) in [5.74, 6) is -1.86. The molecule has 0 bridgehead atoms. The van der Waals surface area contributed by atoms with Gasteiger partial charge in [0.2, 0.25) is 0 Å². The third-order valence-corrected chi connectivity index (χ3v) is 1.52. The Bertz CT molecular complexity index is 114. The Balaban J connectivity index is -0.000000320. The van der Waals surface area contributed by atoms with Gasteiger partial charge in [0.25, 0.3) is 5.85 Å². The molecule has 0 aliphatic rings. The molecule has 0 aromatic carbocycles. The van der Waals surface area contributed by atoms with E-state index in [2.05, 4.69) is 0 Å². The Morgan fingerprint density at radius 2 is 2.00 bits per heavy atom. The molecule has 0 saturated heterocycles. The van der Waals surface area contributed by atoms with E-state index >= 15 is 0 Å². The predicted octanol–water partition coefficient (Wildman–Crippen LogP) is -5.12. The van der Waals surface area contributed by atoms with Gasteiger partial charge >= 0.3 is 37.6 Å². The summed E-state index contributed by atoms with van der Waals surface area (Å²) < 4.78 is 9.82. The molecular formula is C3H8NaO5P. The molecule has 0 heterocycles. The van der Waals surface area contributed by atoms with Crippen LogP contribution in [0.15, 0.2) is 0 Å². The molecule has 56 valence electrons. The molecule has 0 amide bonds. The second-order valence-corrected chi connectivity index (χ2v) is 2.55. The fourth-order valence-corrected chi connectivity index (χ4v) is 0.610. The van der Waals surface area contributed by atoms with E-state index in [-0.39, 0.29) is 31.0 Å². The zero-order chi connectivity index (χ0) is 7.44. The van der Waals surface area contributed by atoms with Crippen LogP contribution in [0, 0.1) is 0 Å². The van der Waals surface area contributed by atoms with Gasteiger partial charge in [-0.2, -0.15) is 0 Å². The summed E-state index contributed by atoms with van der Waals surface area (Å²) in [6.45, 7) is -0.759. The van der Waals surface area contributed by atoms with Crippen LogP contribution in [0.2, 0.25) is 0 Å². The molecule has 0 fully saturated rings. The van der Waals surface area contributed by atoms with Crippen LogP contribution in [-0.2, 0) is 4.57 Å². The first kappa shape index (κ1) is 13.5. The van der Waals surface area contributed by atoms with E-state index in [0.717, 1.165) is 0 Å². The average molecular weight is 178 g/mol. The van der Waals surface area contributed by atoms with E-state index in [1.165, 1.54) is 0 Å². The van der Waals surface area contributed by atoms with Crippen molar-refractivity contribution in [1.82, 2.24) is 0 Å². The van der Waals surface area contributed by atoms with Crippen LogP contribution in [0.3, 0.4) is 0 Å². The SMILES string of the molecule is O=[P+]([O-])C(O)C(O)CO.[H-].[Na+]. The van der Waals surface area contributed by atoms with Gasteiger partial charge in [0, 0.05) is 0 Å². The molecule has 0 rings (SSSR count). The Hall–Kier alpha value is 0.940. The first-order valence-corrected chi connectivity index (χ1v) is 3.44. The molecule has 0 aliphatic carbocycles. The van der Waals surface area contributed by atoms with Crippen LogP contribution in [0.4, 0.5) is 0 Å². The number of hydrogen-bond acceptors (Lipinski definition) is 5. The fraction of sp³-hybridized carbons (Fsp3) is 1.00. The molecule has 3 unspecified atom stereocenters. The van der Waals surface area contributed by atoms with Gasteiger partial charge in [-0.15, -0.1) is 0 Å². The molecule has 3 atom stereocenters. The van der Waals surface area contributed by atoms with Crippen molar-refractivity contribution in [3.8, 4) is 0 Å². The van der Waals surface area contributed by atoms with Gasteiger partial charge in [-0.25, -0.2) is 0 Å². The largest absolute Gasteiger partial charge is 1.00 e. The maximum absolute atomic E-state index is 9.82. The predicted molar refractivity (Wildman–Crippen MR) is 27.8 cm³/mol. The maximum atomic E-state index is 9.82. The third kappa shape index (κ3) is 4.71. The number of hydrogen-bond donors (Lipinski definition) is 3. The van der Waals surface area contributed by atoms with Gasteiger partial charge in [-0.3, -0.25) is 0 Å². The molecule has 0 aromatic rings. The second-order valence-electron chi connectivity index (χ2n) is 1.45. The zero-order valence-corrected chi connectivity index (χ0v) is 8.36. The molecule has 5 nitrogen and oxygen atoms in total. The third-order valence-electron chi connectivity index (χ3n) is 0.747. The molecule has 10 heavy (non-hydrogen) atoms. The van der Waals surface area contributed by atoms with Crippen molar-refractivity contribution in [2.24, 2.45) is 0 Å². The summed E-state index contributed by atoms with van der Waals surface area (Å²) in [6.07, 6.45) is -1.59. The van der Waals surface area contributed by atoms with Crippen molar-refractivity contribution in [3.05, 3.63) is 0 Å². The molecule has 0 radical (unpaired) electrons. The Morgan fingerprint density at radius 3 is 2.10 bits per heavy atom. The van der Waals surface area contributed by atoms with Crippen LogP contribution < -0.4 is 34.5 Å². The van der Waals surface area contributed by atoms with Crippen molar-refractivity contribution in [3.63, 3.8) is 0 Å². The molecule has 0 aliphatic heterocycles. The number of aliphatic hydroxyl groups is 3. The smallest absolute Gasteiger partial charge is 1.00 e. The molecule has 3 N–H and O–H groups in total. The standard InChI is InChI=1S/C3H7O5P.Na.H/c4-1-2(5)3(6)9(7)8;;/h2-6H,1H2;;/q;+1;-1. The topological polar surface area (TPSA) is 101 Å². The van der Waals surface area contributed by atoms with Crippen molar-refractivity contribution in [2.75, 3.05) is 6.61 Å². The molecule has 0 spiro atoms. The van der Waals surface area contributed by atoms with Crippen molar-refractivity contribution in [1.29, 1.82) is 0 Å². The van der Waals surface area contributed by atoms with E-state index in [0.29, 0.717) is 0 Å². The summed E-state index contributed by atoms with van der Waals surface area (Å²) in [5.41, 5.74) is 0. The maximum Gasteiger partial charge on any atom is 1.00 e. The summed E-state index contributed by atoms with van der Waals surface area (Å²) in [4.78, 5) is 9.82. The molecule has 0 aromatic heterocycles. The van der Waals surface area contributed by atoms with Crippen LogP contribution in [0.25, 0.3) is 0 Å². The number of aliphatic hydroxyl groups excluding tert-OH is 3. The number of rotatable bonds is 3. The minimum absolute atomic E-state index is 0. The van der Waals surface area contributed by atoms with Crippen LogP contribution in [0.1, 0.15) is 1.43 Å². The first-order valence-electron chi connectivity index (χ1n) is 2.20. The Kier molecular flexibility index (Phi) is 8.98. The quantitative estimate of drug-likeness (QED) is 0.296. The molecular weight excluding hydrogens is 170 g/mol. The molecule has 7 heteroatoms. The van der Waals surface area contributed by atoms with Gasteiger partial charge in [0.15, 0.2) is 0 Å². The zero-order valence-electron chi connectivity index (χ0n) is 6.47. The summed E-state index contributed by atoms with van der Waals surface area (Å²) in [7, 11) is -3.06. The van der Waals surface area contributed by atoms with Gasteiger partial charge in [0.1, 0.15) is 6.10 Å². The van der Waals surface area contributed by atoms with E-state index in [4.69, 9.17) is 15.3 Å². The molecule has 0 saturated carbocycles. The summed E-state index contributed by atoms with van der Waals surface area (Å²) >= 11 is 0. The van der Waals surface area contributed by atoms with Gasteiger partial charge < -0.3 is 21.6 Å². The normalized spacial score (nSPS) is 17.0. The van der Waals surface area contributed by atoms with Gasteiger partial charge in [-0.1, -0.05) is 4.57 Å². The van der Waals surface area contributed by atoms with E-state index in [1.54, 1.807) is 0 Å². The first-order chi connectivity index (χ1) is 4.09. The summed E-state index contributed by atoms with van der Waals surface area (Å²) in [5, 5.41) is 24.9.